The van der Waals surface area contributed by atoms with E-state index in [4.69, 9.17) is 0 Å². The zero-order chi connectivity index (χ0) is 43.3. The first kappa shape index (κ1) is 37.1. The number of thiophene rings is 1. The predicted molar refractivity (Wildman–Crippen MR) is 285 cm³/mol. The van der Waals surface area contributed by atoms with Crippen LogP contribution in [0.3, 0.4) is 0 Å². The molecule has 0 atom stereocenters. The van der Waals surface area contributed by atoms with Crippen molar-refractivity contribution in [2.45, 2.75) is 0 Å². The van der Waals surface area contributed by atoms with Crippen molar-refractivity contribution in [2.75, 3.05) is 0 Å². The number of fused-ring (bicyclic) bond motifs is 10. The van der Waals surface area contributed by atoms with Crippen molar-refractivity contribution in [2.24, 2.45) is 0 Å². The lowest BCUT2D eigenvalue weighted by Crippen LogP contribution is -1.96. The summed E-state index contributed by atoms with van der Waals surface area (Å²) in [5.74, 6) is 0. The minimum atomic E-state index is 1.16. The second-order valence-electron chi connectivity index (χ2n) is 17.4. The summed E-state index contributed by atoms with van der Waals surface area (Å²) in [6, 6.07) is 87.6. The molecule has 0 unspecified atom stereocenters. The molecule has 0 radical (unpaired) electrons. The Labute approximate surface area is 385 Å². The first-order chi connectivity index (χ1) is 32.8. The molecular formula is C64H39NS. The predicted octanol–water partition coefficient (Wildman–Crippen LogP) is 18.4. The Kier molecular flexibility index (Phi) is 8.22. The molecule has 1 nitrogen and oxygen atoms in total. The van der Waals surface area contributed by atoms with Crippen LogP contribution < -0.4 is 0 Å². The maximum absolute atomic E-state index is 2.46. The summed E-state index contributed by atoms with van der Waals surface area (Å²) in [4.78, 5) is 0. The van der Waals surface area contributed by atoms with Crippen molar-refractivity contribution >= 4 is 96.4 Å². The van der Waals surface area contributed by atoms with Gasteiger partial charge in [0.1, 0.15) is 0 Å². The summed E-state index contributed by atoms with van der Waals surface area (Å²) < 4.78 is 5.05. The van der Waals surface area contributed by atoms with Crippen LogP contribution in [0.25, 0.3) is 135 Å². The normalized spacial score (nSPS) is 11.9. The molecule has 0 saturated heterocycles. The minimum absolute atomic E-state index is 1.16. The maximum atomic E-state index is 2.46. The monoisotopic (exact) mass is 853 g/mol. The molecule has 0 N–H and O–H groups in total. The number of aromatic nitrogens is 1. The van der Waals surface area contributed by atoms with Gasteiger partial charge in [-0.15, -0.1) is 11.3 Å². The van der Waals surface area contributed by atoms with Crippen molar-refractivity contribution < 1.29 is 0 Å². The molecule has 0 aliphatic rings. The topological polar surface area (TPSA) is 4.93 Å². The number of para-hydroxylation sites is 3. The third kappa shape index (κ3) is 5.40. The van der Waals surface area contributed by atoms with Gasteiger partial charge >= 0.3 is 0 Å². The SMILES string of the molecule is c1ccc(-c2c3ccccc3c(-c3cccc4sc5cc(-c6c7ccccc7c(-c7cccc8c9ccccc9n(-c9ccccc9)c78)c7ccccc67)ccc5c34)c3ccccc23)cc1. The van der Waals surface area contributed by atoms with Gasteiger partial charge in [-0.25, -0.2) is 0 Å². The molecule has 2 aromatic heterocycles. The highest BCUT2D eigenvalue weighted by Gasteiger charge is 2.23. The lowest BCUT2D eigenvalue weighted by molar-refractivity contribution is 1.18. The number of rotatable bonds is 5. The Bertz CT molecular complexity index is 4160. The Morgan fingerprint density at radius 2 is 0.727 bits per heavy atom. The fourth-order valence-corrected chi connectivity index (χ4v) is 12.5. The van der Waals surface area contributed by atoms with E-state index >= 15 is 0 Å². The van der Waals surface area contributed by atoms with E-state index in [0.29, 0.717) is 0 Å². The van der Waals surface area contributed by atoms with Crippen LogP contribution in [0.4, 0.5) is 0 Å². The van der Waals surface area contributed by atoms with Crippen LogP contribution in [0.15, 0.2) is 237 Å². The van der Waals surface area contributed by atoms with E-state index < -0.39 is 0 Å². The smallest absolute Gasteiger partial charge is 0.0619 e. The molecule has 12 aromatic carbocycles. The van der Waals surface area contributed by atoms with Crippen LogP contribution in [0.2, 0.25) is 0 Å². The number of hydrogen-bond donors (Lipinski definition) is 0. The van der Waals surface area contributed by atoms with Crippen molar-refractivity contribution in [1.29, 1.82) is 0 Å². The summed E-state index contributed by atoms with van der Waals surface area (Å²) >= 11 is 1.90. The van der Waals surface area contributed by atoms with Gasteiger partial charge < -0.3 is 4.57 Å². The van der Waals surface area contributed by atoms with Gasteiger partial charge in [-0.2, -0.15) is 0 Å². The standard InChI is InChI=1S/C64H39NS/c1-3-19-40(20-4-1)59-44-24-7-11-28-48(44)61(49-29-12-8-25-45(49)59)54-33-18-36-57-63(54)53-38-37-41(39-58(53)66-57)60-46-26-9-13-30-50(46)62(51-31-14-10-27-47(51)60)55-34-17-32-52-43-23-15-16-35-56(43)65(64(52)55)42-21-5-2-6-22-42/h1-39H. The molecule has 14 aromatic rings. The zero-order valence-electron chi connectivity index (χ0n) is 35.9. The van der Waals surface area contributed by atoms with Crippen LogP contribution in [0.5, 0.6) is 0 Å². The molecule has 2 heteroatoms. The Balaban J connectivity index is 1.01. The average molecular weight is 854 g/mol. The maximum Gasteiger partial charge on any atom is 0.0619 e. The summed E-state index contributed by atoms with van der Waals surface area (Å²) in [5, 5.41) is 15.2. The zero-order valence-corrected chi connectivity index (χ0v) is 36.7. The third-order valence-electron chi connectivity index (χ3n) is 14.0. The van der Waals surface area contributed by atoms with E-state index in [1.807, 2.05) is 11.3 Å². The third-order valence-corrected chi connectivity index (χ3v) is 15.1. The largest absolute Gasteiger partial charge is 0.309 e. The van der Waals surface area contributed by atoms with Gasteiger partial charge in [0, 0.05) is 42.2 Å². The van der Waals surface area contributed by atoms with Gasteiger partial charge in [0.2, 0.25) is 0 Å². The minimum Gasteiger partial charge on any atom is -0.309 e. The molecule has 0 bridgehead atoms. The first-order valence-electron chi connectivity index (χ1n) is 22.8. The number of benzene rings is 12. The van der Waals surface area contributed by atoms with E-state index in [2.05, 4.69) is 241 Å². The Morgan fingerprint density at radius 3 is 1.33 bits per heavy atom. The molecular weight excluding hydrogens is 815 g/mol. The summed E-state index contributed by atoms with van der Waals surface area (Å²) in [5.41, 5.74) is 13.7. The van der Waals surface area contributed by atoms with Gasteiger partial charge in [-0.3, -0.25) is 0 Å². The Morgan fingerprint density at radius 1 is 0.273 bits per heavy atom. The first-order valence-corrected chi connectivity index (χ1v) is 23.6. The van der Waals surface area contributed by atoms with Crippen LogP contribution in [-0.2, 0) is 0 Å². The molecule has 66 heavy (non-hydrogen) atoms. The fraction of sp³-hybridized carbons (Fsp3) is 0. The van der Waals surface area contributed by atoms with Gasteiger partial charge in [-0.1, -0.05) is 206 Å². The molecule has 306 valence electrons. The lowest BCUT2D eigenvalue weighted by Gasteiger charge is -2.19. The van der Waals surface area contributed by atoms with E-state index in [0.717, 1.165) is 5.69 Å². The molecule has 0 aliphatic carbocycles. The van der Waals surface area contributed by atoms with Crippen LogP contribution in [-0.4, -0.2) is 4.57 Å². The fourth-order valence-electron chi connectivity index (χ4n) is 11.3. The second-order valence-corrected chi connectivity index (χ2v) is 18.5. The van der Waals surface area contributed by atoms with E-state index in [1.165, 1.54) is 130 Å². The van der Waals surface area contributed by atoms with Gasteiger partial charge in [0.15, 0.2) is 0 Å². The average Bonchev–Trinajstić information content (AvgIpc) is 3.94. The van der Waals surface area contributed by atoms with E-state index in [-0.39, 0.29) is 0 Å². The summed E-state index contributed by atoms with van der Waals surface area (Å²) in [7, 11) is 0. The molecule has 0 saturated carbocycles. The quantitative estimate of drug-likeness (QED) is 0.152. The second kappa shape index (κ2) is 14.6. The van der Waals surface area contributed by atoms with Gasteiger partial charge in [0.05, 0.1) is 11.0 Å². The molecule has 0 fully saturated rings. The Hall–Kier alpha value is -8.30. The molecule has 0 spiro atoms. The highest BCUT2D eigenvalue weighted by atomic mass is 32.1. The van der Waals surface area contributed by atoms with Crippen LogP contribution in [0.1, 0.15) is 0 Å². The molecule has 14 rings (SSSR count). The van der Waals surface area contributed by atoms with Crippen molar-refractivity contribution in [3.8, 4) is 50.2 Å². The van der Waals surface area contributed by atoms with Crippen LogP contribution >= 0.6 is 11.3 Å². The summed E-state index contributed by atoms with van der Waals surface area (Å²) in [6.45, 7) is 0. The van der Waals surface area contributed by atoms with Crippen LogP contribution in [0, 0.1) is 0 Å². The van der Waals surface area contributed by atoms with E-state index in [1.54, 1.807) is 0 Å². The highest BCUT2D eigenvalue weighted by Crippen LogP contribution is 2.51. The molecule has 2 heterocycles. The lowest BCUT2D eigenvalue weighted by atomic mass is 9.84. The summed E-state index contributed by atoms with van der Waals surface area (Å²) in [6.07, 6.45) is 0. The van der Waals surface area contributed by atoms with E-state index in [9.17, 15) is 0 Å². The molecule has 0 aliphatic heterocycles. The van der Waals surface area contributed by atoms with Crippen molar-refractivity contribution in [1.82, 2.24) is 4.57 Å². The van der Waals surface area contributed by atoms with Crippen molar-refractivity contribution in [3.63, 3.8) is 0 Å². The van der Waals surface area contributed by atoms with Crippen molar-refractivity contribution in [3.05, 3.63) is 237 Å². The van der Waals surface area contributed by atoms with Gasteiger partial charge in [0.25, 0.3) is 0 Å². The number of nitrogens with zero attached hydrogens (tertiary/aromatic N) is 1. The number of hydrogen-bond acceptors (Lipinski definition) is 1. The molecule has 0 amide bonds. The highest BCUT2D eigenvalue weighted by molar-refractivity contribution is 7.26. The van der Waals surface area contributed by atoms with Gasteiger partial charge in [-0.05, 0) is 112 Å².